The topological polar surface area (TPSA) is 26.3 Å². The molecule has 126 valence electrons. The van der Waals surface area contributed by atoms with Crippen molar-refractivity contribution in [2.75, 3.05) is 7.11 Å². The van der Waals surface area contributed by atoms with E-state index in [0.717, 1.165) is 31.4 Å². The van der Waals surface area contributed by atoms with Crippen LogP contribution in [0.4, 0.5) is 0 Å². The molecule has 0 spiro atoms. The first kappa shape index (κ1) is 16.5. The van der Waals surface area contributed by atoms with Gasteiger partial charge >= 0.3 is 0 Å². The van der Waals surface area contributed by atoms with Crippen LogP contribution in [-0.2, 0) is 16.6 Å². The Kier molecular flexibility index (Phi) is 4.06. The highest BCUT2D eigenvalue weighted by atomic mass is 16.5. The monoisotopic (exact) mass is 314 g/mol. The fourth-order valence-electron chi connectivity index (χ4n) is 5.44. The van der Waals surface area contributed by atoms with Crippen molar-refractivity contribution in [3.8, 4) is 5.75 Å². The highest BCUT2D eigenvalue weighted by Crippen LogP contribution is 2.57. The molecule has 23 heavy (non-hydrogen) atoms. The van der Waals surface area contributed by atoms with Crippen molar-refractivity contribution in [2.45, 2.75) is 71.1 Å². The minimum atomic E-state index is -0.172. The maximum Gasteiger partial charge on any atom is 0.126 e. The first-order valence-electron chi connectivity index (χ1n) is 9.04. The van der Waals surface area contributed by atoms with E-state index < -0.39 is 0 Å². The lowest BCUT2D eigenvalue weighted by Gasteiger charge is -2.53. The lowest BCUT2D eigenvalue weighted by molar-refractivity contribution is -0.123. The Morgan fingerprint density at radius 2 is 2.00 bits per heavy atom. The zero-order valence-electron chi connectivity index (χ0n) is 15.2. The van der Waals surface area contributed by atoms with Gasteiger partial charge in [0.2, 0.25) is 0 Å². The highest BCUT2D eigenvalue weighted by Gasteiger charge is 2.52. The van der Waals surface area contributed by atoms with Gasteiger partial charge < -0.3 is 9.53 Å². The summed E-state index contributed by atoms with van der Waals surface area (Å²) in [4.78, 5) is 11.8. The van der Waals surface area contributed by atoms with E-state index in [1.165, 1.54) is 29.4 Å². The van der Waals surface area contributed by atoms with Gasteiger partial charge in [0.15, 0.2) is 0 Å². The van der Waals surface area contributed by atoms with Gasteiger partial charge in [0.1, 0.15) is 12.0 Å². The van der Waals surface area contributed by atoms with Crippen LogP contribution in [0.1, 0.15) is 76.0 Å². The van der Waals surface area contributed by atoms with Crippen molar-refractivity contribution in [2.24, 2.45) is 11.3 Å². The van der Waals surface area contributed by atoms with E-state index in [2.05, 4.69) is 39.8 Å². The molecule has 1 fully saturated rings. The lowest BCUT2D eigenvalue weighted by Crippen LogP contribution is -2.49. The Balaban J connectivity index is 2.16. The van der Waals surface area contributed by atoms with Crippen LogP contribution in [0.25, 0.3) is 0 Å². The largest absolute Gasteiger partial charge is 0.496 e. The molecule has 1 saturated carbocycles. The molecule has 1 aromatic carbocycles. The zero-order chi connectivity index (χ0) is 16.8. The van der Waals surface area contributed by atoms with Crippen molar-refractivity contribution in [3.05, 3.63) is 28.8 Å². The number of hydrogen-bond donors (Lipinski definition) is 0. The van der Waals surface area contributed by atoms with E-state index in [1.54, 1.807) is 7.11 Å². The van der Waals surface area contributed by atoms with Crippen LogP contribution in [-0.4, -0.2) is 13.4 Å². The third-order valence-electron chi connectivity index (χ3n) is 6.66. The second-order valence-corrected chi connectivity index (χ2v) is 8.35. The molecule has 3 atom stereocenters. The molecule has 2 heteroatoms. The molecule has 0 radical (unpaired) electrons. The van der Waals surface area contributed by atoms with Crippen molar-refractivity contribution in [3.63, 3.8) is 0 Å². The Labute approximate surface area is 140 Å². The van der Waals surface area contributed by atoms with Crippen LogP contribution in [0.15, 0.2) is 12.1 Å². The summed E-state index contributed by atoms with van der Waals surface area (Å²) in [5.74, 6) is 2.01. The van der Waals surface area contributed by atoms with Crippen LogP contribution < -0.4 is 4.74 Å². The Morgan fingerprint density at radius 3 is 2.61 bits per heavy atom. The van der Waals surface area contributed by atoms with E-state index in [4.69, 9.17) is 4.74 Å². The van der Waals surface area contributed by atoms with E-state index >= 15 is 0 Å². The van der Waals surface area contributed by atoms with Gasteiger partial charge in [0, 0.05) is 5.41 Å². The number of carbonyl (C=O) groups excluding carboxylic acids is 1. The molecule has 2 nitrogen and oxygen atoms in total. The highest BCUT2D eigenvalue weighted by molar-refractivity contribution is 5.62. The molecule has 3 rings (SSSR count). The molecule has 0 aromatic heterocycles. The van der Waals surface area contributed by atoms with Crippen LogP contribution in [0.2, 0.25) is 0 Å². The van der Waals surface area contributed by atoms with Crippen molar-refractivity contribution in [1.29, 1.82) is 0 Å². The SMILES string of the molecule is COc1c(C(C)C)ccc2c1CC[C@H]1[C@](C)(C=O)CCC[C@]21C. The average molecular weight is 314 g/mol. The van der Waals surface area contributed by atoms with Crippen LogP contribution in [0.5, 0.6) is 5.75 Å². The van der Waals surface area contributed by atoms with Gasteiger partial charge in [-0.1, -0.05) is 46.2 Å². The van der Waals surface area contributed by atoms with E-state index in [-0.39, 0.29) is 10.8 Å². The maximum atomic E-state index is 11.8. The van der Waals surface area contributed by atoms with Crippen LogP contribution in [0.3, 0.4) is 0 Å². The zero-order valence-corrected chi connectivity index (χ0v) is 15.2. The van der Waals surface area contributed by atoms with Gasteiger partial charge in [0.05, 0.1) is 7.11 Å². The van der Waals surface area contributed by atoms with E-state index in [0.29, 0.717) is 11.8 Å². The predicted octanol–water partition coefficient (Wildman–Crippen LogP) is 5.03. The molecular weight excluding hydrogens is 284 g/mol. The fraction of sp³-hybridized carbons (Fsp3) is 0.667. The van der Waals surface area contributed by atoms with Gasteiger partial charge in [-0.3, -0.25) is 0 Å². The number of aldehydes is 1. The number of benzene rings is 1. The molecule has 2 aliphatic rings. The molecule has 1 aromatic rings. The molecule has 0 bridgehead atoms. The summed E-state index contributed by atoms with van der Waals surface area (Å²) in [6.45, 7) is 9.00. The number of fused-ring (bicyclic) bond motifs is 3. The smallest absolute Gasteiger partial charge is 0.126 e. The second kappa shape index (κ2) is 5.65. The number of carbonyl (C=O) groups is 1. The Bertz CT molecular complexity index is 619. The summed E-state index contributed by atoms with van der Waals surface area (Å²) in [6, 6.07) is 4.58. The number of rotatable bonds is 3. The standard InChI is InChI=1S/C21H30O2/c1-14(2)15-7-9-17-16(19(15)23-5)8-10-18-20(3,13-22)11-6-12-21(17,18)4/h7,9,13-14,18H,6,8,10-12H2,1-5H3/t18-,20-,21+/m0/s1. The number of hydrogen-bond acceptors (Lipinski definition) is 2. The van der Waals surface area contributed by atoms with Gasteiger partial charge in [-0.2, -0.15) is 0 Å². The molecule has 0 heterocycles. The number of ether oxygens (including phenoxy) is 1. The molecule has 2 aliphatic carbocycles. The van der Waals surface area contributed by atoms with Crippen molar-refractivity contribution >= 4 is 6.29 Å². The quantitative estimate of drug-likeness (QED) is 0.732. The first-order valence-corrected chi connectivity index (χ1v) is 9.04. The first-order chi connectivity index (χ1) is 10.9. The van der Waals surface area contributed by atoms with Crippen LogP contribution >= 0.6 is 0 Å². The molecule has 0 saturated heterocycles. The number of methoxy groups -OCH3 is 1. The maximum absolute atomic E-state index is 11.8. The molecular formula is C21H30O2. The summed E-state index contributed by atoms with van der Waals surface area (Å²) in [6.07, 6.45) is 6.71. The third kappa shape index (κ3) is 2.33. The van der Waals surface area contributed by atoms with Gasteiger partial charge in [-0.25, -0.2) is 0 Å². The Morgan fingerprint density at radius 1 is 1.26 bits per heavy atom. The lowest BCUT2D eigenvalue weighted by atomic mass is 9.50. The molecule has 0 N–H and O–H groups in total. The van der Waals surface area contributed by atoms with Crippen molar-refractivity contribution in [1.82, 2.24) is 0 Å². The summed E-state index contributed by atoms with van der Waals surface area (Å²) in [5, 5.41) is 0. The molecule has 0 amide bonds. The van der Waals surface area contributed by atoms with Crippen molar-refractivity contribution < 1.29 is 9.53 Å². The third-order valence-corrected chi connectivity index (χ3v) is 6.66. The van der Waals surface area contributed by atoms with E-state index in [9.17, 15) is 4.79 Å². The minimum absolute atomic E-state index is 0.101. The summed E-state index contributed by atoms with van der Waals surface area (Å²) in [7, 11) is 1.80. The fourth-order valence-corrected chi connectivity index (χ4v) is 5.44. The Hall–Kier alpha value is -1.31. The van der Waals surface area contributed by atoms with Gasteiger partial charge in [0.25, 0.3) is 0 Å². The van der Waals surface area contributed by atoms with Gasteiger partial charge in [-0.15, -0.1) is 0 Å². The van der Waals surface area contributed by atoms with Gasteiger partial charge in [-0.05, 0) is 59.6 Å². The summed E-state index contributed by atoms with van der Waals surface area (Å²) < 4.78 is 5.84. The molecule has 0 aliphatic heterocycles. The van der Waals surface area contributed by atoms with E-state index in [1.807, 2.05) is 0 Å². The molecule has 0 unspecified atom stereocenters. The minimum Gasteiger partial charge on any atom is -0.496 e. The normalized spacial score (nSPS) is 33.0. The average Bonchev–Trinajstić information content (AvgIpc) is 2.53. The predicted molar refractivity (Wildman–Crippen MR) is 94.3 cm³/mol. The second-order valence-electron chi connectivity index (χ2n) is 8.35. The summed E-state index contributed by atoms with van der Waals surface area (Å²) in [5.41, 5.74) is 4.07. The summed E-state index contributed by atoms with van der Waals surface area (Å²) >= 11 is 0. The van der Waals surface area contributed by atoms with Crippen LogP contribution in [0, 0.1) is 11.3 Å².